The van der Waals surface area contributed by atoms with Crippen LogP contribution in [0.15, 0.2) is 66.9 Å². The van der Waals surface area contributed by atoms with Crippen molar-refractivity contribution in [3.8, 4) is 39.5 Å². The Morgan fingerprint density at radius 2 is 1.40 bits per heavy atom. The van der Waals surface area contributed by atoms with Crippen molar-refractivity contribution in [2.75, 3.05) is 0 Å². The number of phenolic OH excluding ortho intramolecular Hbond substituents is 1. The van der Waals surface area contributed by atoms with Gasteiger partial charge in [0.2, 0.25) is 0 Å². The monoisotopic (exact) mass is 591 g/mol. The molecule has 0 radical (unpaired) electrons. The van der Waals surface area contributed by atoms with Crippen LogP contribution in [0.3, 0.4) is 0 Å². The summed E-state index contributed by atoms with van der Waals surface area (Å²) < 4.78 is 2.14. The number of nitrogens with zero attached hydrogens (tertiary/aromatic N) is 3. The molecule has 0 aliphatic rings. The number of rotatable bonds is 5. The second-order valence-electron chi connectivity index (χ2n) is 14.9. The average Bonchev–Trinajstić information content (AvgIpc) is 3.22. The number of hydrogen-bond acceptors (Lipinski definition) is 3. The molecule has 0 spiro atoms. The topological polar surface area (TPSA) is 50.9 Å². The molecule has 2 aromatic heterocycles. The lowest BCUT2D eigenvalue weighted by Gasteiger charge is -2.23. The maximum Gasteiger partial charge on any atom is 0.144 e. The summed E-state index contributed by atoms with van der Waals surface area (Å²) in [5.41, 5.74) is 9.48. The third-order valence-corrected chi connectivity index (χ3v) is 12.3. The van der Waals surface area contributed by atoms with Gasteiger partial charge in [0.05, 0.1) is 38.4 Å². The standard InChI is InChI=1S/C36H45N3OSi2/c1-23-12-13-29(33(40)16-23)35-38-34-30(20-28(42(9,10)11)22-32(34)39(35)5)24-17-25(19-26(18-24)36(2,3)4)31-21-27(14-15-37-31)41(6,7)8/h12-22,40H,1-11H3. The van der Waals surface area contributed by atoms with Gasteiger partial charge in [-0.1, -0.05) is 88.6 Å². The number of phenols is 1. The van der Waals surface area contributed by atoms with Crippen LogP contribution in [0.4, 0.5) is 0 Å². The molecule has 0 amide bonds. The van der Waals surface area contributed by atoms with Crippen molar-refractivity contribution in [2.45, 2.75) is 72.4 Å². The Labute approximate surface area is 253 Å². The summed E-state index contributed by atoms with van der Waals surface area (Å²) >= 11 is 0. The number of fused-ring (bicyclic) bond motifs is 1. The van der Waals surface area contributed by atoms with Crippen molar-refractivity contribution in [3.05, 3.63) is 78.0 Å². The summed E-state index contributed by atoms with van der Waals surface area (Å²) in [4.78, 5) is 10.1. The molecule has 1 N–H and O–H groups in total. The smallest absolute Gasteiger partial charge is 0.144 e. The minimum Gasteiger partial charge on any atom is -0.507 e. The molecule has 5 aromatic rings. The van der Waals surface area contributed by atoms with Gasteiger partial charge in [0.25, 0.3) is 0 Å². The van der Waals surface area contributed by atoms with E-state index in [0.717, 1.165) is 50.4 Å². The zero-order valence-corrected chi connectivity index (χ0v) is 29.1. The first-order valence-corrected chi connectivity index (χ1v) is 21.9. The fourth-order valence-corrected chi connectivity index (χ4v) is 7.72. The molecule has 0 unspecified atom stereocenters. The molecule has 4 nitrogen and oxygen atoms in total. The van der Waals surface area contributed by atoms with Gasteiger partial charge in [-0.25, -0.2) is 4.98 Å². The van der Waals surface area contributed by atoms with Gasteiger partial charge in [0.15, 0.2) is 0 Å². The highest BCUT2D eigenvalue weighted by Gasteiger charge is 2.25. The van der Waals surface area contributed by atoms with Crippen LogP contribution in [0.2, 0.25) is 39.3 Å². The maximum absolute atomic E-state index is 10.9. The highest BCUT2D eigenvalue weighted by molar-refractivity contribution is 6.89. The minimum atomic E-state index is -1.68. The molecular formula is C36H45N3OSi2. The molecule has 6 heteroatoms. The van der Waals surface area contributed by atoms with Crippen molar-refractivity contribution in [2.24, 2.45) is 7.05 Å². The number of aromatic hydroxyl groups is 1. The zero-order chi connectivity index (χ0) is 30.8. The molecular weight excluding hydrogens is 547 g/mol. The molecule has 0 atom stereocenters. The van der Waals surface area contributed by atoms with E-state index in [1.165, 1.54) is 15.9 Å². The first-order chi connectivity index (χ1) is 19.4. The Morgan fingerprint density at radius 1 is 0.738 bits per heavy atom. The van der Waals surface area contributed by atoms with Crippen LogP contribution >= 0.6 is 0 Å². The van der Waals surface area contributed by atoms with E-state index in [-0.39, 0.29) is 11.2 Å². The summed E-state index contributed by atoms with van der Waals surface area (Å²) in [6.45, 7) is 23.1. The zero-order valence-electron chi connectivity index (χ0n) is 27.1. The number of benzene rings is 3. The van der Waals surface area contributed by atoms with Crippen molar-refractivity contribution < 1.29 is 5.11 Å². The van der Waals surface area contributed by atoms with Crippen LogP contribution < -0.4 is 10.4 Å². The van der Waals surface area contributed by atoms with Crippen LogP contribution in [0, 0.1) is 6.92 Å². The van der Waals surface area contributed by atoms with E-state index in [1.54, 1.807) is 0 Å². The summed E-state index contributed by atoms with van der Waals surface area (Å²) in [5, 5.41) is 13.7. The van der Waals surface area contributed by atoms with Crippen molar-refractivity contribution in [1.29, 1.82) is 0 Å². The van der Waals surface area contributed by atoms with Gasteiger partial charge in [-0.05, 0) is 71.5 Å². The number of aromatic nitrogens is 3. The van der Waals surface area contributed by atoms with Crippen molar-refractivity contribution in [3.63, 3.8) is 0 Å². The van der Waals surface area contributed by atoms with Gasteiger partial charge < -0.3 is 9.67 Å². The van der Waals surface area contributed by atoms with E-state index in [9.17, 15) is 5.11 Å². The van der Waals surface area contributed by atoms with E-state index in [0.29, 0.717) is 0 Å². The third kappa shape index (κ3) is 5.75. The van der Waals surface area contributed by atoms with E-state index in [2.05, 4.69) is 114 Å². The van der Waals surface area contributed by atoms with Crippen LogP contribution in [-0.2, 0) is 12.5 Å². The highest BCUT2D eigenvalue weighted by Crippen LogP contribution is 2.38. The van der Waals surface area contributed by atoms with E-state index >= 15 is 0 Å². The second-order valence-corrected chi connectivity index (χ2v) is 25.0. The van der Waals surface area contributed by atoms with Crippen LogP contribution in [-0.4, -0.2) is 35.8 Å². The Bertz CT molecular complexity index is 1820. The summed E-state index contributed by atoms with van der Waals surface area (Å²) in [5.74, 6) is 1.03. The fourth-order valence-electron chi connectivity index (χ4n) is 5.43. The molecule has 0 aliphatic heterocycles. The SMILES string of the molecule is Cc1ccc(-c2nc3c(-c4cc(-c5cc([Si](C)(C)C)ccn5)cc(C(C)(C)C)c4)cc([Si](C)(C)C)cc3n2C)c(O)c1. The summed E-state index contributed by atoms with van der Waals surface area (Å²) in [7, 11) is -1.12. The molecule has 0 saturated carbocycles. The molecule has 42 heavy (non-hydrogen) atoms. The molecule has 2 heterocycles. The lowest BCUT2D eigenvalue weighted by atomic mass is 9.83. The highest BCUT2D eigenvalue weighted by atomic mass is 28.3. The fraction of sp³-hybridized carbons (Fsp3) is 0.333. The molecule has 0 bridgehead atoms. The summed E-state index contributed by atoms with van der Waals surface area (Å²) in [6, 6.07) is 21.9. The van der Waals surface area contributed by atoms with Gasteiger partial charge in [-0.3, -0.25) is 4.98 Å². The van der Waals surface area contributed by atoms with Gasteiger partial charge in [0, 0.05) is 24.4 Å². The lowest BCUT2D eigenvalue weighted by molar-refractivity contribution is 0.476. The van der Waals surface area contributed by atoms with Crippen LogP contribution in [0.1, 0.15) is 31.9 Å². The molecule has 218 valence electrons. The Kier molecular flexibility index (Phi) is 7.39. The van der Waals surface area contributed by atoms with E-state index in [1.807, 2.05) is 31.3 Å². The first kappa shape index (κ1) is 30.0. The first-order valence-electron chi connectivity index (χ1n) is 14.9. The Morgan fingerprint density at radius 3 is 2.02 bits per heavy atom. The summed E-state index contributed by atoms with van der Waals surface area (Å²) in [6.07, 6.45) is 1.97. The van der Waals surface area contributed by atoms with Gasteiger partial charge in [-0.2, -0.15) is 0 Å². The third-order valence-electron chi connectivity index (χ3n) is 8.28. The number of imidazole rings is 1. The molecule has 3 aromatic carbocycles. The number of hydrogen-bond donors (Lipinski definition) is 1. The normalized spacial score (nSPS) is 12.7. The molecule has 0 saturated heterocycles. The van der Waals surface area contributed by atoms with Gasteiger partial charge >= 0.3 is 0 Å². The van der Waals surface area contributed by atoms with Crippen LogP contribution in [0.25, 0.3) is 44.8 Å². The van der Waals surface area contributed by atoms with E-state index < -0.39 is 16.1 Å². The molecule has 0 aliphatic carbocycles. The number of aryl methyl sites for hydroxylation is 2. The molecule has 0 fully saturated rings. The second kappa shape index (κ2) is 10.4. The number of pyridine rings is 1. The van der Waals surface area contributed by atoms with Crippen molar-refractivity contribution >= 4 is 37.6 Å². The van der Waals surface area contributed by atoms with Gasteiger partial charge in [-0.15, -0.1) is 0 Å². The minimum absolute atomic E-state index is 0.0420. The predicted octanol–water partition coefficient (Wildman–Crippen LogP) is 8.37. The lowest BCUT2D eigenvalue weighted by Crippen LogP contribution is -2.37. The Hall–Kier alpha value is -3.49. The van der Waals surface area contributed by atoms with E-state index in [4.69, 9.17) is 9.97 Å². The largest absolute Gasteiger partial charge is 0.507 e. The maximum atomic E-state index is 10.9. The Balaban J connectivity index is 1.83. The van der Waals surface area contributed by atoms with Crippen molar-refractivity contribution in [1.82, 2.24) is 14.5 Å². The van der Waals surface area contributed by atoms with Gasteiger partial charge in [0.1, 0.15) is 11.6 Å². The average molecular weight is 592 g/mol. The molecule has 5 rings (SSSR count). The van der Waals surface area contributed by atoms with Crippen LogP contribution in [0.5, 0.6) is 5.75 Å². The predicted molar refractivity (Wildman–Crippen MR) is 186 cm³/mol. The quantitative estimate of drug-likeness (QED) is 0.209.